The minimum atomic E-state index is -0.302. The maximum Gasteiger partial charge on any atom is 0.225 e. The van der Waals surface area contributed by atoms with E-state index in [4.69, 9.17) is 0 Å². The molecule has 0 aromatic heterocycles. The van der Waals surface area contributed by atoms with Crippen molar-refractivity contribution in [3.63, 3.8) is 0 Å². The lowest BCUT2D eigenvalue weighted by Gasteiger charge is -2.37. The molecule has 1 N–H and O–H groups in total. The summed E-state index contributed by atoms with van der Waals surface area (Å²) in [5, 5.41) is 9.69. The first kappa shape index (κ1) is 15.5. The van der Waals surface area contributed by atoms with Gasteiger partial charge in [-0.1, -0.05) is 27.2 Å². The van der Waals surface area contributed by atoms with E-state index in [0.29, 0.717) is 11.8 Å². The van der Waals surface area contributed by atoms with Gasteiger partial charge in [-0.3, -0.25) is 4.79 Å². The van der Waals surface area contributed by atoms with Gasteiger partial charge in [-0.25, -0.2) is 0 Å². The summed E-state index contributed by atoms with van der Waals surface area (Å²) in [6.45, 7) is 9.85. The molecule has 0 radical (unpaired) electrons. The minimum Gasteiger partial charge on any atom is -0.393 e. The third kappa shape index (κ3) is 3.98. The first-order valence-corrected chi connectivity index (χ1v) is 7.44. The van der Waals surface area contributed by atoms with Gasteiger partial charge >= 0.3 is 0 Å². The molecule has 0 bridgehead atoms. The van der Waals surface area contributed by atoms with E-state index >= 15 is 0 Å². The number of carbonyl (C=O) groups excluding carboxylic acids is 1. The van der Waals surface area contributed by atoms with Crippen LogP contribution in [0.4, 0.5) is 0 Å². The number of nitrogens with zero attached hydrogens (tertiary/aromatic N) is 1. The predicted octanol–water partition coefficient (Wildman–Crippen LogP) is 2.68. The summed E-state index contributed by atoms with van der Waals surface area (Å²) in [6, 6.07) is 0. The fourth-order valence-electron chi connectivity index (χ4n) is 2.89. The number of hydrogen-bond donors (Lipinski definition) is 1. The average molecular weight is 255 g/mol. The molecule has 3 nitrogen and oxygen atoms in total. The van der Waals surface area contributed by atoms with E-state index in [2.05, 4.69) is 20.8 Å². The average Bonchev–Trinajstić information content (AvgIpc) is 2.35. The van der Waals surface area contributed by atoms with Crippen LogP contribution in [0.5, 0.6) is 0 Å². The van der Waals surface area contributed by atoms with Crippen LogP contribution in [0.15, 0.2) is 0 Å². The Balaban J connectivity index is 2.64. The lowest BCUT2D eigenvalue weighted by atomic mass is 9.87. The molecule has 0 aromatic carbocycles. The van der Waals surface area contributed by atoms with Gasteiger partial charge in [-0.15, -0.1) is 0 Å². The van der Waals surface area contributed by atoms with Gasteiger partial charge in [0.25, 0.3) is 0 Å². The Bertz CT molecular complexity index is 263. The number of rotatable bonds is 5. The number of amides is 1. The van der Waals surface area contributed by atoms with E-state index in [1.54, 1.807) is 0 Å². The quantitative estimate of drug-likeness (QED) is 0.820. The Kier molecular flexibility index (Phi) is 6.13. The normalized spacial score (nSPS) is 24.1. The van der Waals surface area contributed by atoms with Crippen molar-refractivity contribution in [2.75, 3.05) is 13.1 Å². The summed E-state index contributed by atoms with van der Waals surface area (Å²) < 4.78 is 0. The number of carbonyl (C=O) groups is 1. The molecule has 1 heterocycles. The smallest absolute Gasteiger partial charge is 0.225 e. The summed E-state index contributed by atoms with van der Waals surface area (Å²) in [5.74, 6) is 1.13. The Morgan fingerprint density at radius 3 is 2.56 bits per heavy atom. The molecule has 0 saturated carbocycles. The van der Waals surface area contributed by atoms with Crippen LogP contribution in [0.25, 0.3) is 0 Å². The zero-order valence-electron chi connectivity index (χ0n) is 12.4. The van der Waals surface area contributed by atoms with E-state index < -0.39 is 0 Å². The van der Waals surface area contributed by atoms with Gasteiger partial charge in [0.1, 0.15) is 0 Å². The minimum absolute atomic E-state index is 0.155. The molecule has 0 spiro atoms. The molecule has 1 rings (SSSR count). The molecule has 1 amide bonds. The molecule has 1 aliphatic rings. The van der Waals surface area contributed by atoms with Crippen molar-refractivity contribution in [2.24, 2.45) is 17.8 Å². The molecule has 18 heavy (non-hydrogen) atoms. The number of hydrogen-bond acceptors (Lipinski definition) is 2. The molecule has 1 saturated heterocycles. The van der Waals surface area contributed by atoms with Crippen LogP contribution < -0.4 is 0 Å². The summed E-state index contributed by atoms with van der Waals surface area (Å²) >= 11 is 0. The van der Waals surface area contributed by atoms with Crippen molar-refractivity contribution >= 4 is 5.91 Å². The highest BCUT2D eigenvalue weighted by Crippen LogP contribution is 2.25. The summed E-state index contributed by atoms with van der Waals surface area (Å²) in [5.41, 5.74) is 0. The summed E-state index contributed by atoms with van der Waals surface area (Å²) in [6.07, 6.45) is 3.80. The van der Waals surface area contributed by atoms with Gasteiger partial charge in [0.05, 0.1) is 6.10 Å². The highest BCUT2D eigenvalue weighted by Gasteiger charge is 2.31. The van der Waals surface area contributed by atoms with Gasteiger partial charge in [-0.2, -0.15) is 0 Å². The molecule has 3 unspecified atom stereocenters. The van der Waals surface area contributed by atoms with E-state index in [9.17, 15) is 9.90 Å². The van der Waals surface area contributed by atoms with Crippen LogP contribution in [0.1, 0.15) is 53.4 Å². The number of aliphatic hydroxyl groups excluding tert-OH is 1. The highest BCUT2D eigenvalue weighted by atomic mass is 16.3. The second kappa shape index (κ2) is 7.13. The molecular formula is C15H29NO2. The first-order chi connectivity index (χ1) is 8.47. The van der Waals surface area contributed by atoms with Crippen molar-refractivity contribution in [2.45, 2.75) is 59.5 Å². The molecule has 3 atom stereocenters. The van der Waals surface area contributed by atoms with Crippen LogP contribution >= 0.6 is 0 Å². The first-order valence-electron chi connectivity index (χ1n) is 7.44. The molecule has 1 fully saturated rings. The van der Waals surface area contributed by atoms with Crippen LogP contribution in [-0.2, 0) is 4.79 Å². The maximum atomic E-state index is 12.5. The second-order valence-electron chi connectivity index (χ2n) is 6.07. The van der Waals surface area contributed by atoms with Crippen LogP contribution in [-0.4, -0.2) is 35.1 Å². The Morgan fingerprint density at radius 2 is 2.06 bits per heavy atom. The largest absolute Gasteiger partial charge is 0.393 e. The second-order valence-corrected chi connectivity index (χ2v) is 6.07. The number of aliphatic hydroxyl groups is 1. The standard InChI is InChI=1S/C15H29NO2/c1-5-7-14(11(2)3)15(18)16-9-6-8-13(10-16)12(4)17/h11-14,17H,5-10H2,1-4H3. The monoisotopic (exact) mass is 255 g/mol. The van der Waals surface area contributed by atoms with Crippen LogP contribution in [0.3, 0.4) is 0 Å². The van der Waals surface area contributed by atoms with E-state index in [0.717, 1.165) is 38.8 Å². The third-order valence-electron chi connectivity index (χ3n) is 4.17. The van der Waals surface area contributed by atoms with E-state index in [1.165, 1.54) is 0 Å². The highest BCUT2D eigenvalue weighted by molar-refractivity contribution is 5.79. The molecule has 0 aliphatic carbocycles. The summed E-state index contributed by atoms with van der Waals surface area (Å²) in [4.78, 5) is 14.5. The van der Waals surface area contributed by atoms with Gasteiger partial charge in [-0.05, 0) is 32.1 Å². The van der Waals surface area contributed by atoms with Crippen molar-refractivity contribution < 1.29 is 9.90 Å². The molecule has 1 aliphatic heterocycles. The van der Waals surface area contributed by atoms with E-state index in [1.807, 2.05) is 11.8 Å². The van der Waals surface area contributed by atoms with Crippen molar-refractivity contribution in [3.8, 4) is 0 Å². The molecular weight excluding hydrogens is 226 g/mol. The van der Waals surface area contributed by atoms with Gasteiger partial charge in [0.15, 0.2) is 0 Å². The molecule has 0 aromatic rings. The van der Waals surface area contributed by atoms with Crippen molar-refractivity contribution in [1.82, 2.24) is 4.90 Å². The zero-order chi connectivity index (χ0) is 13.7. The lowest BCUT2D eigenvalue weighted by molar-refractivity contribution is -0.140. The summed E-state index contributed by atoms with van der Waals surface area (Å²) in [7, 11) is 0. The van der Waals surface area contributed by atoms with E-state index in [-0.39, 0.29) is 17.9 Å². The number of likely N-dealkylation sites (tertiary alicyclic amines) is 1. The zero-order valence-corrected chi connectivity index (χ0v) is 12.4. The molecule has 3 heteroatoms. The maximum absolute atomic E-state index is 12.5. The molecule has 106 valence electrons. The number of piperidine rings is 1. The fourth-order valence-corrected chi connectivity index (χ4v) is 2.89. The SMILES string of the molecule is CCCC(C(=O)N1CCCC(C(C)O)C1)C(C)C. The lowest BCUT2D eigenvalue weighted by Crippen LogP contribution is -2.46. The topological polar surface area (TPSA) is 40.5 Å². The van der Waals surface area contributed by atoms with Crippen molar-refractivity contribution in [1.29, 1.82) is 0 Å². The fraction of sp³-hybridized carbons (Fsp3) is 0.933. The van der Waals surface area contributed by atoms with Gasteiger partial charge in [0.2, 0.25) is 5.91 Å². The van der Waals surface area contributed by atoms with Crippen molar-refractivity contribution in [3.05, 3.63) is 0 Å². The Morgan fingerprint density at radius 1 is 1.39 bits per heavy atom. The van der Waals surface area contributed by atoms with Crippen LogP contribution in [0, 0.1) is 17.8 Å². The Hall–Kier alpha value is -0.570. The van der Waals surface area contributed by atoms with Crippen LogP contribution in [0.2, 0.25) is 0 Å². The predicted molar refractivity (Wildman–Crippen MR) is 74.2 cm³/mol. The Labute approximate surface area is 112 Å². The van der Waals surface area contributed by atoms with Gasteiger partial charge in [0, 0.05) is 24.9 Å². The third-order valence-corrected chi connectivity index (χ3v) is 4.17. The van der Waals surface area contributed by atoms with Gasteiger partial charge < -0.3 is 10.0 Å².